The number of nitrogens with zero attached hydrogens (tertiary/aromatic N) is 2. The van der Waals surface area contributed by atoms with Crippen LogP contribution in [-0.2, 0) is 4.74 Å². The second-order valence-corrected chi connectivity index (χ2v) is 3.60. The summed E-state index contributed by atoms with van der Waals surface area (Å²) in [5, 5.41) is 6.91. The Labute approximate surface area is 77.9 Å². The Hall–Kier alpha value is -1.03. The van der Waals surface area contributed by atoms with E-state index in [9.17, 15) is 0 Å². The second kappa shape index (κ2) is 3.38. The van der Waals surface area contributed by atoms with Crippen LogP contribution in [0.1, 0.15) is 13.8 Å². The average molecular weight is 181 g/mol. The van der Waals surface area contributed by atoms with Crippen LogP contribution in [0.15, 0.2) is 12.3 Å². The zero-order valence-electron chi connectivity index (χ0n) is 8.03. The number of aromatic nitrogens is 2. The van der Waals surface area contributed by atoms with Gasteiger partial charge in [0, 0.05) is 19.2 Å². The van der Waals surface area contributed by atoms with Gasteiger partial charge in [-0.1, -0.05) is 0 Å². The molecule has 0 unspecified atom stereocenters. The molecule has 0 spiro atoms. The van der Waals surface area contributed by atoms with Crippen molar-refractivity contribution in [2.24, 2.45) is 0 Å². The Morgan fingerprint density at radius 3 is 2.69 bits per heavy atom. The van der Waals surface area contributed by atoms with Crippen molar-refractivity contribution in [2.75, 3.05) is 18.0 Å². The lowest BCUT2D eigenvalue weighted by molar-refractivity contribution is -0.00545. The van der Waals surface area contributed by atoms with Gasteiger partial charge in [-0.3, -0.25) is 5.10 Å². The number of H-pyrrole nitrogens is 1. The Morgan fingerprint density at radius 1 is 1.46 bits per heavy atom. The fraction of sp³-hybridized carbons (Fsp3) is 0.667. The first-order chi connectivity index (χ1) is 6.25. The third-order valence-corrected chi connectivity index (χ3v) is 2.25. The van der Waals surface area contributed by atoms with Crippen molar-refractivity contribution in [2.45, 2.75) is 26.1 Å². The molecular weight excluding hydrogens is 166 g/mol. The molecule has 1 aromatic heterocycles. The minimum absolute atomic E-state index is 0.298. The third kappa shape index (κ3) is 1.83. The highest BCUT2D eigenvalue weighted by Gasteiger charge is 2.22. The van der Waals surface area contributed by atoms with E-state index in [4.69, 9.17) is 4.74 Å². The molecular formula is C9H15N3O. The molecule has 0 saturated carbocycles. The normalized spacial score (nSPS) is 29.2. The molecule has 0 aliphatic carbocycles. The van der Waals surface area contributed by atoms with Crippen LogP contribution in [0.3, 0.4) is 0 Å². The minimum Gasteiger partial charge on any atom is -0.372 e. The van der Waals surface area contributed by atoms with Crippen LogP contribution in [0.5, 0.6) is 0 Å². The van der Waals surface area contributed by atoms with Gasteiger partial charge in [0.1, 0.15) is 5.82 Å². The Kier molecular flexibility index (Phi) is 2.22. The smallest absolute Gasteiger partial charge is 0.124 e. The summed E-state index contributed by atoms with van der Waals surface area (Å²) in [5.41, 5.74) is 0. The minimum atomic E-state index is 0.298. The number of aromatic amines is 1. The van der Waals surface area contributed by atoms with E-state index >= 15 is 0 Å². The predicted octanol–water partition coefficient (Wildman–Crippen LogP) is 1.02. The molecule has 0 amide bonds. The quantitative estimate of drug-likeness (QED) is 0.703. The standard InChI is InChI=1S/C9H15N3O/c1-7-5-12(6-8(2)13-7)9-3-4-10-11-9/h3-4,7-8H,5-6H2,1-2H3,(H,10,11)/t7-,8-/m0/s1. The van der Waals surface area contributed by atoms with Crippen molar-refractivity contribution in [3.63, 3.8) is 0 Å². The summed E-state index contributed by atoms with van der Waals surface area (Å²) in [5.74, 6) is 1.09. The number of morpholine rings is 1. The summed E-state index contributed by atoms with van der Waals surface area (Å²) in [7, 11) is 0. The highest BCUT2D eigenvalue weighted by Crippen LogP contribution is 2.16. The topological polar surface area (TPSA) is 41.2 Å². The fourth-order valence-electron chi connectivity index (χ4n) is 1.80. The largest absolute Gasteiger partial charge is 0.372 e. The first-order valence-electron chi connectivity index (χ1n) is 4.65. The lowest BCUT2D eigenvalue weighted by Crippen LogP contribution is -2.45. The van der Waals surface area contributed by atoms with Crippen molar-refractivity contribution in [3.05, 3.63) is 12.3 Å². The van der Waals surface area contributed by atoms with Crippen LogP contribution in [0.2, 0.25) is 0 Å². The molecule has 2 rings (SSSR count). The van der Waals surface area contributed by atoms with E-state index in [-0.39, 0.29) is 0 Å². The molecule has 1 fully saturated rings. The molecule has 0 bridgehead atoms. The molecule has 2 heterocycles. The number of hydrogen-bond donors (Lipinski definition) is 1. The lowest BCUT2D eigenvalue weighted by Gasteiger charge is -2.35. The van der Waals surface area contributed by atoms with Crippen LogP contribution in [-0.4, -0.2) is 35.5 Å². The van der Waals surface area contributed by atoms with Gasteiger partial charge in [-0.25, -0.2) is 0 Å². The monoisotopic (exact) mass is 181 g/mol. The van der Waals surface area contributed by atoms with Gasteiger partial charge < -0.3 is 9.64 Å². The highest BCUT2D eigenvalue weighted by molar-refractivity contribution is 5.37. The van der Waals surface area contributed by atoms with E-state index in [1.165, 1.54) is 0 Å². The van der Waals surface area contributed by atoms with E-state index in [1.807, 2.05) is 6.07 Å². The molecule has 2 atom stereocenters. The first kappa shape index (κ1) is 8.56. The van der Waals surface area contributed by atoms with Gasteiger partial charge in [-0.15, -0.1) is 0 Å². The Morgan fingerprint density at radius 2 is 2.15 bits per heavy atom. The van der Waals surface area contributed by atoms with Crippen molar-refractivity contribution in [3.8, 4) is 0 Å². The molecule has 1 aromatic rings. The first-order valence-corrected chi connectivity index (χ1v) is 4.65. The van der Waals surface area contributed by atoms with E-state index in [0.29, 0.717) is 12.2 Å². The Balaban J connectivity index is 2.07. The molecule has 1 N–H and O–H groups in total. The lowest BCUT2D eigenvalue weighted by atomic mass is 10.2. The zero-order chi connectivity index (χ0) is 9.26. The van der Waals surface area contributed by atoms with Gasteiger partial charge >= 0.3 is 0 Å². The fourth-order valence-corrected chi connectivity index (χ4v) is 1.80. The van der Waals surface area contributed by atoms with Crippen LogP contribution >= 0.6 is 0 Å². The maximum Gasteiger partial charge on any atom is 0.124 e. The molecule has 72 valence electrons. The van der Waals surface area contributed by atoms with Crippen molar-refractivity contribution in [1.29, 1.82) is 0 Å². The van der Waals surface area contributed by atoms with E-state index in [1.54, 1.807) is 6.20 Å². The third-order valence-electron chi connectivity index (χ3n) is 2.25. The molecule has 0 aromatic carbocycles. The summed E-state index contributed by atoms with van der Waals surface area (Å²) in [6.45, 7) is 6.07. The van der Waals surface area contributed by atoms with Crippen LogP contribution in [0.25, 0.3) is 0 Å². The molecule has 1 aliphatic rings. The summed E-state index contributed by atoms with van der Waals surface area (Å²) in [6, 6.07) is 1.99. The second-order valence-electron chi connectivity index (χ2n) is 3.60. The van der Waals surface area contributed by atoms with E-state index in [2.05, 4.69) is 28.9 Å². The highest BCUT2D eigenvalue weighted by atomic mass is 16.5. The molecule has 13 heavy (non-hydrogen) atoms. The zero-order valence-corrected chi connectivity index (χ0v) is 8.03. The van der Waals surface area contributed by atoms with Crippen LogP contribution in [0.4, 0.5) is 5.82 Å². The summed E-state index contributed by atoms with van der Waals surface area (Å²) in [6.07, 6.45) is 2.37. The summed E-state index contributed by atoms with van der Waals surface area (Å²) >= 11 is 0. The van der Waals surface area contributed by atoms with Gasteiger partial charge in [0.15, 0.2) is 0 Å². The Bertz CT molecular complexity index is 250. The number of ether oxygens (including phenoxy) is 1. The van der Waals surface area contributed by atoms with E-state index in [0.717, 1.165) is 18.9 Å². The molecule has 4 nitrogen and oxygen atoms in total. The predicted molar refractivity (Wildman–Crippen MR) is 50.8 cm³/mol. The number of anilines is 1. The van der Waals surface area contributed by atoms with E-state index < -0.39 is 0 Å². The number of rotatable bonds is 1. The van der Waals surface area contributed by atoms with Crippen LogP contribution in [0, 0.1) is 0 Å². The summed E-state index contributed by atoms with van der Waals surface area (Å²) in [4.78, 5) is 2.27. The van der Waals surface area contributed by atoms with Crippen molar-refractivity contribution >= 4 is 5.82 Å². The van der Waals surface area contributed by atoms with Gasteiger partial charge in [0.2, 0.25) is 0 Å². The summed E-state index contributed by atoms with van der Waals surface area (Å²) < 4.78 is 5.64. The van der Waals surface area contributed by atoms with Crippen molar-refractivity contribution < 1.29 is 4.74 Å². The van der Waals surface area contributed by atoms with Crippen LogP contribution < -0.4 is 4.90 Å². The van der Waals surface area contributed by atoms with Gasteiger partial charge in [0.05, 0.1) is 18.4 Å². The van der Waals surface area contributed by atoms with Crippen molar-refractivity contribution in [1.82, 2.24) is 10.2 Å². The maximum absolute atomic E-state index is 5.64. The molecule has 1 saturated heterocycles. The maximum atomic E-state index is 5.64. The van der Waals surface area contributed by atoms with Gasteiger partial charge in [0.25, 0.3) is 0 Å². The average Bonchev–Trinajstić information content (AvgIpc) is 2.53. The number of hydrogen-bond acceptors (Lipinski definition) is 3. The van der Waals surface area contributed by atoms with Gasteiger partial charge in [-0.2, -0.15) is 5.10 Å². The molecule has 4 heteroatoms. The molecule has 0 radical (unpaired) electrons. The molecule has 1 aliphatic heterocycles. The SMILES string of the molecule is C[C@H]1CN(c2ccn[nH]2)C[C@H](C)O1. The number of nitrogens with one attached hydrogen (secondary N) is 1. The van der Waals surface area contributed by atoms with Gasteiger partial charge in [-0.05, 0) is 13.8 Å².